The van der Waals surface area contributed by atoms with Gasteiger partial charge in [-0.05, 0) is 32.4 Å². The molecule has 1 rings (SSSR count). The number of halogens is 3. The van der Waals surface area contributed by atoms with Gasteiger partial charge in [-0.2, -0.15) is 0 Å². The number of amides is 1. The van der Waals surface area contributed by atoms with Crippen LogP contribution in [0.5, 0.6) is 0 Å². The minimum Gasteiger partial charge on any atom is -0.379 e. The summed E-state index contributed by atoms with van der Waals surface area (Å²) in [6, 6.07) is 1.33. The van der Waals surface area contributed by atoms with E-state index in [1.807, 2.05) is 13.8 Å². The molecule has 0 heterocycles. The fraction of sp³-hybridized carbons (Fsp3) is 0.462. The maximum absolute atomic E-state index is 12.9. The van der Waals surface area contributed by atoms with E-state index >= 15 is 0 Å². The summed E-state index contributed by atoms with van der Waals surface area (Å²) in [5.41, 5.74) is -0.249. The lowest BCUT2D eigenvalue weighted by atomic mass is 10.2. The monoisotopic (exact) mass is 275 g/mol. The zero-order valence-electron chi connectivity index (χ0n) is 10.8. The van der Waals surface area contributed by atoms with E-state index in [1.165, 1.54) is 0 Å². The molecule has 0 aliphatic carbocycles. The van der Waals surface area contributed by atoms with Crippen LogP contribution in [0.1, 0.15) is 30.6 Å². The van der Waals surface area contributed by atoms with E-state index in [0.29, 0.717) is 31.7 Å². The first kappa shape index (κ1) is 15.5. The summed E-state index contributed by atoms with van der Waals surface area (Å²) in [6.45, 7) is 4.57. The lowest BCUT2D eigenvalue weighted by Gasteiger charge is -2.08. The summed E-state index contributed by atoms with van der Waals surface area (Å²) in [6.07, 6.45) is 0.687. The molecule has 0 atom stereocenters. The second-order valence-corrected chi connectivity index (χ2v) is 4.28. The van der Waals surface area contributed by atoms with Crippen molar-refractivity contribution in [3.8, 4) is 0 Å². The minimum absolute atomic E-state index is 0.107. The molecular formula is C13H16F3NO2. The van der Waals surface area contributed by atoms with Crippen LogP contribution >= 0.6 is 0 Å². The first-order valence-corrected chi connectivity index (χ1v) is 5.96. The third-order valence-corrected chi connectivity index (χ3v) is 2.30. The van der Waals surface area contributed by atoms with E-state index in [-0.39, 0.29) is 11.7 Å². The Labute approximate surface area is 109 Å². The van der Waals surface area contributed by atoms with Gasteiger partial charge >= 0.3 is 0 Å². The number of hydrogen-bond acceptors (Lipinski definition) is 2. The van der Waals surface area contributed by atoms with Crippen molar-refractivity contribution >= 4 is 5.91 Å². The summed E-state index contributed by atoms with van der Waals surface area (Å²) >= 11 is 0. The third-order valence-electron chi connectivity index (χ3n) is 2.30. The quantitative estimate of drug-likeness (QED) is 0.640. The van der Waals surface area contributed by atoms with Crippen molar-refractivity contribution in [1.29, 1.82) is 0 Å². The van der Waals surface area contributed by atoms with Gasteiger partial charge in [0.05, 0.1) is 6.10 Å². The first-order chi connectivity index (χ1) is 8.91. The molecule has 3 nitrogen and oxygen atoms in total. The largest absolute Gasteiger partial charge is 0.379 e. The standard InChI is InChI=1S/C13H16F3NO2/c1-8(2)19-5-3-4-17-13(18)9-6-10(14)12(16)11(15)7-9/h6-8H,3-5H2,1-2H3,(H,17,18). The fourth-order valence-corrected chi connectivity index (χ4v) is 1.38. The molecule has 0 aliphatic heterocycles. The highest BCUT2D eigenvalue weighted by atomic mass is 19.2. The number of hydrogen-bond donors (Lipinski definition) is 1. The molecule has 0 saturated heterocycles. The molecule has 0 radical (unpaired) electrons. The average Bonchev–Trinajstić information content (AvgIpc) is 2.34. The number of carbonyl (C=O) groups is 1. The summed E-state index contributed by atoms with van der Waals surface area (Å²) < 4.78 is 43.8. The molecule has 1 amide bonds. The lowest BCUT2D eigenvalue weighted by Crippen LogP contribution is -2.26. The van der Waals surface area contributed by atoms with Gasteiger partial charge in [-0.1, -0.05) is 0 Å². The Bertz CT molecular complexity index is 427. The molecule has 0 saturated carbocycles. The Hall–Kier alpha value is -1.56. The van der Waals surface area contributed by atoms with Crippen molar-refractivity contribution < 1.29 is 22.7 Å². The second kappa shape index (κ2) is 7.13. The molecule has 1 N–H and O–H groups in total. The molecule has 0 bridgehead atoms. The van der Waals surface area contributed by atoms with Crippen LogP contribution in [0.2, 0.25) is 0 Å². The van der Waals surface area contributed by atoms with Crippen LogP contribution in [0, 0.1) is 17.5 Å². The molecule has 106 valence electrons. The normalized spacial score (nSPS) is 10.8. The van der Waals surface area contributed by atoms with Gasteiger partial charge in [0.2, 0.25) is 0 Å². The number of nitrogens with one attached hydrogen (secondary N) is 1. The van der Waals surface area contributed by atoms with Crippen LogP contribution in [-0.2, 0) is 4.74 Å². The van der Waals surface area contributed by atoms with Gasteiger partial charge in [-0.3, -0.25) is 4.79 Å². The SMILES string of the molecule is CC(C)OCCCNC(=O)c1cc(F)c(F)c(F)c1. The van der Waals surface area contributed by atoms with Gasteiger partial charge in [0.15, 0.2) is 17.5 Å². The Kier molecular flexibility index (Phi) is 5.82. The van der Waals surface area contributed by atoms with Gasteiger partial charge in [-0.25, -0.2) is 13.2 Å². The van der Waals surface area contributed by atoms with Crippen molar-refractivity contribution in [3.63, 3.8) is 0 Å². The van der Waals surface area contributed by atoms with Crippen LogP contribution in [0.15, 0.2) is 12.1 Å². The molecule has 0 unspecified atom stereocenters. The third kappa shape index (κ3) is 4.90. The summed E-state index contributed by atoms with van der Waals surface area (Å²) in [5.74, 6) is -4.99. The molecule has 0 fully saturated rings. The number of rotatable bonds is 6. The number of benzene rings is 1. The van der Waals surface area contributed by atoms with Gasteiger partial charge in [0.1, 0.15) is 0 Å². The fourth-order valence-electron chi connectivity index (χ4n) is 1.38. The van der Waals surface area contributed by atoms with Crippen LogP contribution in [0.3, 0.4) is 0 Å². The Morgan fingerprint density at radius 1 is 1.26 bits per heavy atom. The molecule has 6 heteroatoms. The molecular weight excluding hydrogens is 259 g/mol. The maximum atomic E-state index is 12.9. The summed E-state index contributed by atoms with van der Waals surface area (Å²) in [7, 11) is 0. The molecule has 0 aromatic heterocycles. The lowest BCUT2D eigenvalue weighted by molar-refractivity contribution is 0.0757. The van der Waals surface area contributed by atoms with E-state index in [9.17, 15) is 18.0 Å². The molecule has 0 spiro atoms. The molecule has 1 aromatic carbocycles. The van der Waals surface area contributed by atoms with Gasteiger partial charge in [0.25, 0.3) is 5.91 Å². The van der Waals surface area contributed by atoms with E-state index in [1.54, 1.807) is 0 Å². The Morgan fingerprint density at radius 2 is 1.84 bits per heavy atom. The smallest absolute Gasteiger partial charge is 0.251 e. The topological polar surface area (TPSA) is 38.3 Å². The van der Waals surface area contributed by atoms with Crippen LogP contribution in [0.4, 0.5) is 13.2 Å². The van der Waals surface area contributed by atoms with Crippen molar-refractivity contribution in [2.45, 2.75) is 26.4 Å². The maximum Gasteiger partial charge on any atom is 0.251 e. The van der Waals surface area contributed by atoms with Gasteiger partial charge in [-0.15, -0.1) is 0 Å². The number of ether oxygens (including phenoxy) is 1. The van der Waals surface area contributed by atoms with Crippen molar-refractivity contribution in [3.05, 3.63) is 35.1 Å². The predicted molar refractivity (Wildman–Crippen MR) is 64.4 cm³/mol. The summed E-state index contributed by atoms with van der Waals surface area (Å²) in [4.78, 5) is 11.5. The Morgan fingerprint density at radius 3 is 2.37 bits per heavy atom. The second-order valence-electron chi connectivity index (χ2n) is 4.28. The number of carbonyl (C=O) groups excluding carboxylic acids is 1. The highest BCUT2D eigenvalue weighted by Gasteiger charge is 2.14. The highest BCUT2D eigenvalue weighted by Crippen LogP contribution is 2.13. The molecule has 0 aliphatic rings. The van der Waals surface area contributed by atoms with Crippen LogP contribution in [0.25, 0.3) is 0 Å². The van der Waals surface area contributed by atoms with E-state index in [2.05, 4.69) is 5.32 Å². The molecule has 19 heavy (non-hydrogen) atoms. The Balaban J connectivity index is 2.46. The van der Waals surface area contributed by atoms with E-state index in [0.717, 1.165) is 0 Å². The van der Waals surface area contributed by atoms with E-state index < -0.39 is 23.4 Å². The van der Waals surface area contributed by atoms with Crippen molar-refractivity contribution in [2.75, 3.05) is 13.2 Å². The summed E-state index contributed by atoms with van der Waals surface area (Å²) in [5, 5.41) is 2.47. The first-order valence-electron chi connectivity index (χ1n) is 5.96. The van der Waals surface area contributed by atoms with Crippen molar-refractivity contribution in [1.82, 2.24) is 5.32 Å². The molecule has 1 aromatic rings. The van der Waals surface area contributed by atoms with Crippen LogP contribution < -0.4 is 5.32 Å². The van der Waals surface area contributed by atoms with Crippen LogP contribution in [-0.4, -0.2) is 25.2 Å². The van der Waals surface area contributed by atoms with Gasteiger partial charge < -0.3 is 10.1 Å². The predicted octanol–water partition coefficient (Wildman–Crippen LogP) is 2.65. The zero-order valence-corrected chi connectivity index (χ0v) is 10.8. The highest BCUT2D eigenvalue weighted by molar-refractivity contribution is 5.94. The average molecular weight is 275 g/mol. The zero-order chi connectivity index (χ0) is 14.4. The van der Waals surface area contributed by atoms with E-state index in [4.69, 9.17) is 4.74 Å². The van der Waals surface area contributed by atoms with Crippen molar-refractivity contribution in [2.24, 2.45) is 0 Å². The minimum atomic E-state index is -1.58. The van der Waals surface area contributed by atoms with Gasteiger partial charge in [0, 0.05) is 18.7 Å².